The molecule has 0 fully saturated rings. The molecule has 0 aliphatic carbocycles. The number of hydrogen-bond donors (Lipinski definition) is 2. The molecule has 0 spiro atoms. The summed E-state index contributed by atoms with van der Waals surface area (Å²) in [5.41, 5.74) is 5.51. The van der Waals surface area contributed by atoms with Crippen molar-refractivity contribution in [1.29, 1.82) is 0 Å². The first-order chi connectivity index (χ1) is 5.91. The zero-order chi connectivity index (χ0) is 10.1. The number of rotatable bonds is 2. The summed E-state index contributed by atoms with van der Waals surface area (Å²) in [5, 5.41) is 9.03. The molecule has 2 nitrogen and oxygen atoms in total. The van der Waals surface area contributed by atoms with E-state index in [9.17, 15) is 8.78 Å². The fourth-order valence-electron chi connectivity index (χ4n) is 1.01. The third-order valence-corrected chi connectivity index (χ3v) is 1.78. The number of phenolic OH excluding ortho intramolecular Hbond substituents is 1. The molecule has 1 aromatic carbocycles. The quantitative estimate of drug-likeness (QED) is 0.744. The van der Waals surface area contributed by atoms with Crippen LogP contribution in [0.25, 0.3) is 0 Å². The highest BCUT2D eigenvalue weighted by molar-refractivity contribution is 5.30. The van der Waals surface area contributed by atoms with E-state index in [0.29, 0.717) is 0 Å². The predicted octanol–water partition coefficient (Wildman–Crippen LogP) is 2.05. The van der Waals surface area contributed by atoms with Gasteiger partial charge in [-0.25, -0.2) is 8.78 Å². The molecule has 3 N–H and O–H groups in total. The standard InChI is InChI=1S/C9H11F2NO/c1-9(10,11)8(12)6-3-2-4-7(13)5-6/h2-5,8,13H,12H2,1H3. The van der Waals surface area contributed by atoms with Crippen molar-refractivity contribution in [3.63, 3.8) is 0 Å². The summed E-state index contributed by atoms with van der Waals surface area (Å²) in [5.74, 6) is -3.04. The van der Waals surface area contributed by atoms with Crippen molar-refractivity contribution in [2.24, 2.45) is 5.73 Å². The van der Waals surface area contributed by atoms with Crippen LogP contribution in [-0.2, 0) is 0 Å². The van der Waals surface area contributed by atoms with Gasteiger partial charge in [0, 0.05) is 6.92 Å². The lowest BCUT2D eigenvalue weighted by Crippen LogP contribution is -2.29. The number of phenols is 1. The Kier molecular flexibility index (Phi) is 2.52. The topological polar surface area (TPSA) is 46.2 Å². The van der Waals surface area contributed by atoms with Crippen LogP contribution in [0.2, 0.25) is 0 Å². The fourth-order valence-corrected chi connectivity index (χ4v) is 1.01. The van der Waals surface area contributed by atoms with Crippen LogP contribution in [0.3, 0.4) is 0 Å². The minimum absolute atomic E-state index is 0.0581. The minimum Gasteiger partial charge on any atom is -0.508 e. The Bertz CT molecular complexity index is 296. The SMILES string of the molecule is CC(F)(F)C(N)c1cccc(O)c1. The van der Waals surface area contributed by atoms with Crippen LogP contribution in [0.5, 0.6) is 5.75 Å². The van der Waals surface area contributed by atoms with Crippen molar-refractivity contribution in [2.75, 3.05) is 0 Å². The van der Waals surface area contributed by atoms with Gasteiger partial charge in [-0.05, 0) is 17.7 Å². The Hall–Kier alpha value is -1.16. The van der Waals surface area contributed by atoms with Gasteiger partial charge in [-0.2, -0.15) is 0 Å². The Morgan fingerprint density at radius 3 is 2.54 bits per heavy atom. The normalized spacial score (nSPS) is 14.2. The second-order valence-electron chi connectivity index (χ2n) is 3.03. The molecule has 0 amide bonds. The Morgan fingerprint density at radius 1 is 1.46 bits per heavy atom. The molecule has 0 aliphatic heterocycles. The van der Waals surface area contributed by atoms with Crippen LogP contribution in [0.1, 0.15) is 18.5 Å². The van der Waals surface area contributed by atoms with E-state index in [2.05, 4.69) is 0 Å². The van der Waals surface area contributed by atoms with E-state index in [1.165, 1.54) is 24.3 Å². The smallest absolute Gasteiger partial charge is 0.264 e. The molecule has 0 heterocycles. The molecular weight excluding hydrogens is 176 g/mol. The summed E-state index contributed by atoms with van der Waals surface area (Å²) in [4.78, 5) is 0. The average Bonchev–Trinajstić information content (AvgIpc) is 2.01. The van der Waals surface area contributed by atoms with E-state index in [-0.39, 0.29) is 11.3 Å². The molecule has 1 atom stereocenters. The predicted molar refractivity (Wildman–Crippen MR) is 45.7 cm³/mol. The summed E-state index contributed by atoms with van der Waals surface area (Å²) in [6, 6.07) is 4.21. The van der Waals surface area contributed by atoms with E-state index >= 15 is 0 Å². The van der Waals surface area contributed by atoms with Gasteiger partial charge in [0.1, 0.15) is 5.75 Å². The highest BCUT2D eigenvalue weighted by Crippen LogP contribution is 2.29. The molecule has 1 aromatic rings. The van der Waals surface area contributed by atoms with Gasteiger partial charge in [0.25, 0.3) is 5.92 Å². The average molecular weight is 187 g/mol. The summed E-state index contributed by atoms with van der Waals surface area (Å²) in [7, 11) is 0. The van der Waals surface area contributed by atoms with Gasteiger partial charge >= 0.3 is 0 Å². The van der Waals surface area contributed by atoms with Crippen molar-refractivity contribution in [1.82, 2.24) is 0 Å². The van der Waals surface area contributed by atoms with E-state index in [1.807, 2.05) is 0 Å². The molecule has 13 heavy (non-hydrogen) atoms. The minimum atomic E-state index is -2.98. The molecular formula is C9H11F2NO. The molecule has 0 saturated heterocycles. The number of halogens is 2. The van der Waals surface area contributed by atoms with E-state index in [4.69, 9.17) is 10.8 Å². The van der Waals surface area contributed by atoms with Crippen LogP contribution < -0.4 is 5.73 Å². The van der Waals surface area contributed by atoms with Gasteiger partial charge in [0.05, 0.1) is 6.04 Å². The second kappa shape index (κ2) is 3.30. The number of benzene rings is 1. The fraction of sp³-hybridized carbons (Fsp3) is 0.333. The Labute approximate surface area is 75.0 Å². The lowest BCUT2D eigenvalue weighted by molar-refractivity contribution is -0.00622. The van der Waals surface area contributed by atoms with E-state index in [1.54, 1.807) is 0 Å². The monoisotopic (exact) mass is 187 g/mol. The van der Waals surface area contributed by atoms with Gasteiger partial charge in [-0.3, -0.25) is 0 Å². The number of aromatic hydroxyl groups is 1. The van der Waals surface area contributed by atoms with Crippen molar-refractivity contribution in [3.05, 3.63) is 29.8 Å². The third-order valence-electron chi connectivity index (χ3n) is 1.78. The van der Waals surface area contributed by atoms with Gasteiger partial charge in [0.15, 0.2) is 0 Å². The van der Waals surface area contributed by atoms with Crippen LogP contribution in [0, 0.1) is 0 Å². The van der Waals surface area contributed by atoms with E-state index < -0.39 is 12.0 Å². The first-order valence-corrected chi connectivity index (χ1v) is 3.83. The third kappa shape index (κ3) is 2.39. The molecule has 0 saturated carbocycles. The maximum absolute atomic E-state index is 12.7. The molecule has 0 radical (unpaired) electrons. The molecule has 1 unspecified atom stereocenters. The summed E-state index contributed by atoms with van der Waals surface area (Å²) in [6.45, 7) is 0.752. The molecule has 0 aromatic heterocycles. The Balaban J connectivity index is 2.96. The second-order valence-corrected chi connectivity index (χ2v) is 3.03. The van der Waals surface area contributed by atoms with Crippen molar-refractivity contribution in [3.8, 4) is 5.75 Å². The lowest BCUT2D eigenvalue weighted by atomic mass is 10.0. The van der Waals surface area contributed by atoms with Crippen molar-refractivity contribution >= 4 is 0 Å². The first-order valence-electron chi connectivity index (χ1n) is 3.83. The van der Waals surface area contributed by atoms with Crippen LogP contribution in [-0.4, -0.2) is 11.0 Å². The van der Waals surface area contributed by atoms with Gasteiger partial charge in [-0.1, -0.05) is 12.1 Å². The zero-order valence-corrected chi connectivity index (χ0v) is 7.17. The van der Waals surface area contributed by atoms with Gasteiger partial charge in [-0.15, -0.1) is 0 Å². The zero-order valence-electron chi connectivity index (χ0n) is 7.17. The maximum atomic E-state index is 12.7. The lowest BCUT2D eigenvalue weighted by Gasteiger charge is -2.19. The summed E-state index contributed by atoms with van der Waals surface area (Å²) >= 11 is 0. The van der Waals surface area contributed by atoms with Gasteiger partial charge in [0.2, 0.25) is 0 Å². The molecule has 4 heteroatoms. The summed E-state index contributed by atoms with van der Waals surface area (Å²) in [6.07, 6.45) is 0. The van der Waals surface area contributed by atoms with Crippen LogP contribution >= 0.6 is 0 Å². The molecule has 1 rings (SSSR count). The molecule has 0 bridgehead atoms. The maximum Gasteiger partial charge on any atom is 0.264 e. The number of nitrogens with two attached hydrogens (primary N) is 1. The van der Waals surface area contributed by atoms with Gasteiger partial charge < -0.3 is 10.8 Å². The number of hydrogen-bond acceptors (Lipinski definition) is 2. The van der Waals surface area contributed by atoms with Crippen LogP contribution in [0.15, 0.2) is 24.3 Å². The Morgan fingerprint density at radius 2 is 2.08 bits per heavy atom. The number of alkyl halides is 2. The highest BCUT2D eigenvalue weighted by Gasteiger charge is 2.32. The van der Waals surface area contributed by atoms with Crippen molar-refractivity contribution < 1.29 is 13.9 Å². The largest absolute Gasteiger partial charge is 0.508 e. The van der Waals surface area contributed by atoms with Crippen molar-refractivity contribution in [2.45, 2.75) is 18.9 Å². The first kappa shape index (κ1) is 9.92. The highest BCUT2D eigenvalue weighted by atomic mass is 19.3. The molecule has 72 valence electrons. The molecule has 0 aliphatic rings. The van der Waals surface area contributed by atoms with E-state index in [0.717, 1.165) is 6.92 Å². The summed E-state index contributed by atoms with van der Waals surface area (Å²) < 4.78 is 25.5. The van der Waals surface area contributed by atoms with Crippen LogP contribution in [0.4, 0.5) is 8.78 Å².